The van der Waals surface area contributed by atoms with Gasteiger partial charge in [-0.15, -0.1) is 0 Å². The van der Waals surface area contributed by atoms with Crippen molar-refractivity contribution in [3.63, 3.8) is 0 Å². The molecule has 1 atom stereocenters. The van der Waals surface area contributed by atoms with E-state index in [1.807, 2.05) is 0 Å². The van der Waals surface area contributed by atoms with Crippen molar-refractivity contribution < 1.29 is 29.6 Å². The van der Waals surface area contributed by atoms with Gasteiger partial charge in [0.25, 0.3) is 11.1 Å². The van der Waals surface area contributed by atoms with Gasteiger partial charge >= 0.3 is 5.97 Å². The Balaban J connectivity index is 1.83. The van der Waals surface area contributed by atoms with E-state index in [0.717, 1.165) is 0 Å². The van der Waals surface area contributed by atoms with Crippen LogP contribution in [-0.2, 0) is 22.5 Å². The highest BCUT2D eigenvalue weighted by Crippen LogP contribution is 2.32. The van der Waals surface area contributed by atoms with E-state index in [1.54, 1.807) is 37.3 Å². The maximum Gasteiger partial charge on any atom is 0.306 e. The molecule has 4 rings (SSSR count). The van der Waals surface area contributed by atoms with Crippen LogP contribution in [0.1, 0.15) is 34.7 Å². The number of nitrogens with one attached hydrogen (secondary N) is 1. The molecular formula is C28H28N2O8. The number of carbonyl (C=O) groups is 1. The topological polar surface area (TPSA) is 151 Å². The van der Waals surface area contributed by atoms with E-state index in [2.05, 4.69) is 4.98 Å². The van der Waals surface area contributed by atoms with Crippen LogP contribution in [0, 0.1) is 6.92 Å². The average molecular weight is 521 g/mol. The van der Waals surface area contributed by atoms with Crippen LogP contribution in [0.4, 0.5) is 0 Å². The van der Waals surface area contributed by atoms with Gasteiger partial charge < -0.3 is 34.3 Å². The number of hydrogen-bond acceptors (Lipinski definition) is 8. The van der Waals surface area contributed by atoms with E-state index >= 15 is 0 Å². The first kappa shape index (κ1) is 26.3. The molecule has 0 saturated heterocycles. The Kier molecular flexibility index (Phi) is 7.43. The van der Waals surface area contributed by atoms with Gasteiger partial charge in [0.1, 0.15) is 11.5 Å². The molecule has 38 heavy (non-hydrogen) atoms. The lowest BCUT2D eigenvalue weighted by Crippen LogP contribution is -2.31. The molecule has 0 saturated carbocycles. The number of aromatic nitrogens is 2. The zero-order valence-electron chi connectivity index (χ0n) is 21.1. The van der Waals surface area contributed by atoms with Gasteiger partial charge in [0.15, 0.2) is 11.5 Å². The summed E-state index contributed by atoms with van der Waals surface area (Å²) in [5.41, 5.74) is 0.591. The van der Waals surface area contributed by atoms with E-state index in [-0.39, 0.29) is 41.3 Å². The fourth-order valence-electron chi connectivity index (χ4n) is 4.54. The Morgan fingerprint density at radius 1 is 0.974 bits per heavy atom. The number of ether oxygens (including phenoxy) is 2. The second kappa shape index (κ2) is 10.7. The van der Waals surface area contributed by atoms with E-state index in [9.17, 15) is 29.7 Å². The van der Waals surface area contributed by atoms with Crippen LogP contribution in [0.5, 0.6) is 23.0 Å². The molecule has 0 aliphatic heterocycles. The van der Waals surface area contributed by atoms with Crippen molar-refractivity contribution in [3.05, 3.63) is 91.6 Å². The molecule has 0 bridgehead atoms. The third kappa shape index (κ3) is 5.19. The maximum atomic E-state index is 13.7. The number of aromatic amines is 1. The van der Waals surface area contributed by atoms with Crippen LogP contribution >= 0.6 is 0 Å². The Morgan fingerprint density at radius 2 is 1.74 bits per heavy atom. The van der Waals surface area contributed by atoms with E-state index in [4.69, 9.17) is 9.47 Å². The number of aryl methyl sites for hydroxylation is 2. The summed E-state index contributed by atoms with van der Waals surface area (Å²) in [5.74, 6) is -2.06. The molecule has 0 aliphatic rings. The lowest BCUT2D eigenvalue weighted by Gasteiger charge is -2.20. The van der Waals surface area contributed by atoms with Crippen LogP contribution in [0.3, 0.4) is 0 Å². The summed E-state index contributed by atoms with van der Waals surface area (Å²) in [6, 6.07) is 12.5. The van der Waals surface area contributed by atoms with Crippen LogP contribution in [-0.4, -0.2) is 45.1 Å². The Bertz CT molecular complexity index is 1640. The zero-order chi connectivity index (χ0) is 27.6. The fraction of sp³-hybridized carbons (Fsp3) is 0.250. The summed E-state index contributed by atoms with van der Waals surface area (Å²) in [4.78, 5) is 42.1. The highest BCUT2D eigenvalue weighted by Gasteiger charge is 2.29. The molecule has 4 aromatic rings. The molecule has 0 amide bonds. The number of carbonyl (C=O) groups excluding carboxylic acids is 1. The van der Waals surface area contributed by atoms with Gasteiger partial charge in [0.2, 0.25) is 0 Å². The number of esters is 1. The summed E-state index contributed by atoms with van der Waals surface area (Å²) in [6.07, 6.45) is -0.0161. The molecule has 2 heterocycles. The second-order valence-corrected chi connectivity index (χ2v) is 8.95. The Morgan fingerprint density at radius 3 is 2.42 bits per heavy atom. The quantitative estimate of drug-likeness (QED) is 0.204. The van der Waals surface area contributed by atoms with Crippen LogP contribution in [0.15, 0.2) is 58.1 Å². The first-order valence-electron chi connectivity index (χ1n) is 11.8. The number of aromatic hydroxyl groups is 3. The van der Waals surface area contributed by atoms with Crippen molar-refractivity contribution in [3.8, 4) is 23.0 Å². The molecular weight excluding hydrogens is 492 g/mol. The largest absolute Gasteiger partial charge is 0.507 e. The number of nitrogens with zero attached hydrogens (tertiary/aromatic N) is 1. The number of methoxy groups -OCH3 is 2. The molecule has 10 heteroatoms. The highest BCUT2D eigenvalue weighted by molar-refractivity contribution is 5.81. The van der Waals surface area contributed by atoms with Gasteiger partial charge in [0, 0.05) is 29.8 Å². The minimum absolute atomic E-state index is 0.104. The Hall–Kier alpha value is -4.73. The molecule has 4 N–H and O–H groups in total. The number of phenols is 2. The predicted octanol–water partition coefficient (Wildman–Crippen LogP) is 3.06. The summed E-state index contributed by atoms with van der Waals surface area (Å²) in [5, 5.41) is 30.9. The minimum Gasteiger partial charge on any atom is -0.507 e. The van der Waals surface area contributed by atoms with Crippen molar-refractivity contribution in [2.75, 3.05) is 14.2 Å². The second-order valence-electron chi connectivity index (χ2n) is 8.95. The van der Waals surface area contributed by atoms with Crippen molar-refractivity contribution in [2.24, 2.45) is 0 Å². The third-order valence-electron chi connectivity index (χ3n) is 6.59. The number of fused-ring (bicyclic) bond motifs is 1. The standard InChI is InChI=1S/C28H28N2O8/c1-15-10-24(33)26(28(36)30(15)9-8-16-4-7-22(31)23(32)11-16)19(14-25(34)38-3)20-12-17-5-6-18(37-2)13-21(17)29-27(20)35/h4-7,10-13,19,31-33H,8-9,14H2,1-3H3,(H,29,35). The lowest BCUT2D eigenvalue weighted by atomic mass is 9.88. The van der Waals surface area contributed by atoms with Gasteiger partial charge in [-0.2, -0.15) is 0 Å². The first-order valence-corrected chi connectivity index (χ1v) is 11.8. The molecule has 2 aromatic heterocycles. The lowest BCUT2D eigenvalue weighted by molar-refractivity contribution is -0.140. The van der Waals surface area contributed by atoms with Crippen LogP contribution in [0.2, 0.25) is 0 Å². The molecule has 2 aromatic carbocycles. The SMILES string of the molecule is COC(=O)CC(c1cc2ccc(OC)cc2[nH]c1=O)c1c(O)cc(C)n(CCc2ccc(O)c(O)c2)c1=O. The van der Waals surface area contributed by atoms with Gasteiger partial charge in [-0.05, 0) is 60.7 Å². The molecule has 0 fully saturated rings. The van der Waals surface area contributed by atoms with E-state index < -0.39 is 23.0 Å². The van der Waals surface area contributed by atoms with Gasteiger partial charge in [-0.25, -0.2) is 0 Å². The normalized spacial score (nSPS) is 11.9. The summed E-state index contributed by atoms with van der Waals surface area (Å²) in [7, 11) is 2.71. The zero-order valence-corrected chi connectivity index (χ0v) is 21.1. The maximum absolute atomic E-state index is 13.7. The number of rotatable bonds is 8. The number of benzene rings is 2. The molecule has 198 valence electrons. The first-order chi connectivity index (χ1) is 18.1. The monoisotopic (exact) mass is 520 g/mol. The number of hydrogen-bond donors (Lipinski definition) is 4. The summed E-state index contributed by atoms with van der Waals surface area (Å²) < 4.78 is 11.5. The van der Waals surface area contributed by atoms with Crippen molar-refractivity contribution >= 4 is 16.9 Å². The van der Waals surface area contributed by atoms with Gasteiger partial charge in [0.05, 0.1) is 31.7 Å². The third-order valence-corrected chi connectivity index (χ3v) is 6.59. The molecule has 0 spiro atoms. The highest BCUT2D eigenvalue weighted by atomic mass is 16.5. The molecule has 10 nitrogen and oxygen atoms in total. The number of H-pyrrole nitrogens is 1. The van der Waals surface area contributed by atoms with E-state index in [0.29, 0.717) is 34.3 Å². The molecule has 0 aliphatic carbocycles. The van der Waals surface area contributed by atoms with Crippen molar-refractivity contribution in [1.29, 1.82) is 0 Å². The molecule has 0 radical (unpaired) electrons. The fourth-order valence-corrected chi connectivity index (χ4v) is 4.54. The smallest absolute Gasteiger partial charge is 0.306 e. The number of phenolic OH excluding ortho intramolecular Hbond substituents is 2. The van der Waals surface area contributed by atoms with Gasteiger partial charge in [-0.1, -0.05) is 6.07 Å². The Labute approximate surface area is 217 Å². The van der Waals surface area contributed by atoms with Crippen molar-refractivity contribution in [1.82, 2.24) is 9.55 Å². The van der Waals surface area contributed by atoms with Gasteiger partial charge in [-0.3, -0.25) is 14.4 Å². The van der Waals surface area contributed by atoms with Crippen LogP contribution in [0.25, 0.3) is 10.9 Å². The summed E-state index contributed by atoms with van der Waals surface area (Å²) in [6.45, 7) is 1.84. The predicted molar refractivity (Wildman–Crippen MR) is 140 cm³/mol. The van der Waals surface area contributed by atoms with Crippen LogP contribution < -0.4 is 15.9 Å². The van der Waals surface area contributed by atoms with E-state index in [1.165, 1.54) is 37.0 Å². The molecule has 1 unspecified atom stereocenters. The minimum atomic E-state index is -1.09. The van der Waals surface area contributed by atoms with Crippen molar-refractivity contribution in [2.45, 2.75) is 32.2 Å². The summed E-state index contributed by atoms with van der Waals surface area (Å²) >= 11 is 0. The number of pyridine rings is 2. The average Bonchev–Trinajstić information content (AvgIpc) is 2.88.